The first-order valence-electron chi connectivity index (χ1n) is 6.42. The maximum Gasteiger partial charge on any atom is 0.469 e. The van der Waals surface area contributed by atoms with Gasteiger partial charge in [0.15, 0.2) is 17.7 Å². The van der Waals surface area contributed by atoms with Crippen molar-refractivity contribution in [3.8, 4) is 0 Å². The molecule has 0 radical (unpaired) electrons. The smallest absolute Gasteiger partial charge is 0.387 e. The summed E-state index contributed by atoms with van der Waals surface area (Å²) in [6.45, 7) is -0.594. The zero-order valence-electron chi connectivity index (χ0n) is 11.5. The number of nitrogen functional groups attached to an aromatic ring is 1. The van der Waals surface area contributed by atoms with Gasteiger partial charge in [0, 0.05) is 0 Å². The van der Waals surface area contributed by atoms with E-state index >= 15 is 0 Å². The number of rotatable bonds is 4. The number of phosphoric acid groups is 1. The molecule has 1 aliphatic rings. The molecule has 12 nitrogen and oxygen atoms in total. The fourth-order valence-corrected chi connectivity index (χ4v) is 2.66. The van der Waals surface area contributed by atoms with Gasteiger partial charge in [-0.25, -0.2) is 19.5 Å². The van der Waals surface area contributed by atoms with E-state index in [9.17, 15) is 14.8 Å². The van der Waals surface area contributed by atoms with Gasteiger partial charge in [0.25, 0.3) is 0 Å². The summed E-state index contributed by atoms with van der Waals surface area (Å²) in [6, 6.07) is 0. The first kappa shape index (κ1) is 16.2. The molecule has 2 aromatic rings. The van der Waals surface area contributed by atoms with Gasteiger partial charge in [0.05, 0.1) is 12.9 Å². The van der Waals surface area contributed by atoms with Gasteiger partial charge in [-0.05, 0) is 0 Å². The highest BCUT2D eigenvalue weighted by Crippen LogP contribution is 2.38. The molecule has 0 spiro atoms. The van der Waals surface area contributed by atoms with Crippen LogP contribution in [0.4, 0.5) is 5.82 Å². The lowest BCUT2D eigenvalue weighted by Gasteiger charge is -2.16. The molecular formula is C10H14N5O7P. The van der Waals surface area contributed by atoms with Crippen LogP contribution in [0.2, 0.25) is 0 Å². The van der Waals surface area contributed by atoms with Gasteiger partial charge in [0.2, 0.25) is 0 Å². The summed E-state index contributed by atoms with van der Waals surface area (Å²) < 4.78 is 21.8. The number of nitrogens with zero attached hydrogens (tertiary/aromatic N) is 4. The maximum absolute atomic E-state index is 10.7. The molecule has 13 heteroatoms. The van der Waals surface area contributed by atoms with Gasteiger partial charge in [-0.3, -0.25) is 9.09 Å². The van der Waals surface area contributed by atoms with Crippen molar-refractivity contribution in [3.05, 3.63) is 12.7 Å². The number of hydrogen-bond donors (Lipinski definition) is 5. The van der Waals surface area contributed by atoms with Gasteiger partial charge in [-0.2, -0.15) is 0 Å². The molecule has 3 rings (SSSR count). The highest BCUT2D eigenvalue weighted by atomic mass is 31.2. The Morgan fingerprint density at radius 2 is 2.04 bits per heavy atom. The molecule has 126 valence electrons. The highest BCUT2D eigenvalue weighted by molar-refractivity contribution is 7.46. The second-order valence-electron chi connectivity index (χ2n) is 4.92. The molecule has 1 saturated heterocycles. The van der Waals surface area contributed by atoms with E-state index in [4.69, 9.17) is 20.3 Å². The minimum absolute atomic E-state index is 0.142. The van der Waals surface area contributed by atoms with Crippen molar-refractivity contribution in [1.82, 2.24) is 19.5 Å². The van der Waals surface area contributed by atoms with Crippen molar-refractivity contribution >= 4 is 24.8 Å². The number of imidazole rings is 1. The second kappa shape index (κ2) is 5.76. The second-order valence-corrected chi connectivity index (χ2v) is 6.15. The van der Waals surface area contributed by atoms with Crippen molar-refractivity contribution in [2.75, 3.05) is 12.3 Å². The van der Waals surface area contributed by atoms with Crippen LogP contribution < -0.4 is 5.73 Å². The van der Waals surface area contributed by atoms with Gasteiger partial charge in [-0.1, -0.05) is 0 Å². The van der Waals surface area contributed by atoms with Crippen LogP contribution in [0.5, 0.6) is 0 Å². The molecule has 6 N–H and O–H groups in total. The van der Waals surface area contributed by atoms with Crippen LogP contribution in [-0.2, 0) is 13.8 Å². The molecule has 23 heavy (non-hydrogen) atoms. The van der Waals surface area contributed by atoms with Gasteiger partial charge in [0.1, 0.15) is 30.2 Å². The lowest BCUT2D eigenvalue weighted by molar-refractivity contribution is -0.0504. The van der Waals surface area contributed by atoms with E-state index in [2.05, 4.69) is 19.5 Å². The number of nitrogens with two attached hydrogens (primary N) is 1. The van der Waals surface area contributed by atoms with E-state index in [-0.39, 0.29) is 11.5 Å². The molecule has 3 heterocycles. The Hall–Kier alpha value is -1.66. The Balaban J connectivity index is 1.85. The maximum atomic E-state index is 10.7. The Labute approximate surface area is 128 Å². The number of hydrogen-bond acceptors (Lipinski definition) is 9. The first-order valence-corrected chi connectivity index (χ1v) is 7.95. The molecular weight excluding hydrogens is 338 g/mol. The molecule has 0 aliphatic carbocycles. The number of fused-ring (bicyclic) bond motifs is 1. The average Bonchev–Trinajstić information content (AvgIpc) is 3.01. The van der Waals surface area contributed by atoms with Crippen LogP contribution in [0.3, 0.4) is 0 Å². The quantitative estimate of drug-likeness (QED) is 0.307. The molecule has 0 unspecified atom stereocenters. The number of ether oxygens (including phenoxy) is 1. The Bertz CT molecular complexity index is 763. The van der Waals surface area contributed by atoms with Crippen molar-refractivity contribution in [1.29, 1.82) is 0 Å². The summed E-state index contributed by atoms with van der Waals surface area (Å²) in [5.41, 5.74) is 6.25. The first-order chi connectivity index (χ1) is 10.8. The van der Waals surface area contributed by atoms with Crippen LogP contribution in [0.25, 0.3) is 11.2 Å². The molecule has 4 atom stereocenters. The fraction of sp³-hybridized carbons (Fsp3) is 0.500. The average molecular weight is 352 g/mol. The molecule has 0 amide bonds. The Morgan fingerprint density at radius 3 is 2.74 bits per heavy atom. The van der Waals surface area contributed by atoms with Gasteiger partial charge in [-0.15, -0.1) is 0 Å². The Morgan fingerprint density at radius 1 is 1.30 bits per heavy atom. The van der Waals surface area contributed by atoms with E-state index in [1.165, 1.54) is 17.2 Å². The topological polar surface area (TPSA) is 186 Å². The molecule has 0 bridgehead atoms. The molecule has 2 aromatic heterocycles. The summed E-state index contributed by atoms with van der Waals surface area (Å²) in [5.74, 6) is 0.142. The molecule has 1 fully saturated rings. The summed E-state index contributed by atoms with van der Waals surface area (Å²) in [5, 5.41) is 20.1. The van der Waals surface area contributed by atoms with E-state index in [0.717, 1.165) is 0 Å². The summed E-state index contributed by atoms with van der Waals surface area (Å²) >= 11 is 0. The predicted octanol–water partition coefficient (Wildman–Crippen LogP) is -1.86. The number of phosphoric ester groups is 1. The molecule has 1 aliphatic heterocycles. The van der Waals surface area contributed by atoms with E-state index < -0.39 is 39.0 Å². The normalized spacial score (nSPS) is 28.5. The number of aliphatic hydroxyl groups is 2. The van der Waals surface area contributed by atoms with E-state index in [1.54, 1.807) is 0 Å². The zero-order chi connectivity index (χ0) is 16.8. The van der Waals surface area contributed by atoms with Crippen LogP contribution in [-0.4, -0.2) is 64.4 Å². The Kier molecular flexibility index (Phi) is 4.06. The predicted molar refractivity (Wildman–Crippen MR) is 73.7 cm³/mol. The van der Waals surface area contributed by atoms with Crippen molar-refractivity contribution in [3.63, 3.8) is 0 Å². The number of aromatic nitrogens is 4. The fourth-order valence-electron chi connectivity index (χ4n) is 2.32. The summed E-state index contributed by atoms with van der Waals surface area (Å²) in [7, 11) is -4.72. The standard InChI is InChI=1S/C10H14N5O7P/c11-8-5-9(13-2-12-8)15(3-14-5)10-7(17)6(16)4(22-10)1-21-23(18,19)20/h2-4,6-7,10,16-17H,1H2,(H2,11,12,13)(H2,18,19,20)/t4-,6-,7-,10-/m1/s1/i1+1,4+1,6+1,7+1,10+1. The van der Waals surface area contributed by atoms with E-state index in [1.807, 2.05) is 0 Å². The lowest BCUT2D eigenvalue weighted by atomic mass is 10.5. The van der Waals surface area contributed by atoms with Gasteiger partial charge < -0.3 is 30.5 Å². The van der Waals surface area contributed by atoms with Crippen LogP contribution in [0.1, 0.15) is 6.23 Å². The van der Waals surface area contributed by atoms with Crippen LogP contribution in [0.15, 0.2) is 12.7 Å². The highest BCUT2D eigenvalue weighted by Gasteiger charge is 2.45. The third kappa shape index (κ3) is 3.05. The van der Waals surface area contributed by atoms with E-state index in [0.29, 0.717) is 5.52 Å². The van der Waals surface area contributed by atoms with Crippen molar-refractivity contribution < 1.29 is 33.8 Å². The summed E-state index contributed by atoms with van der Waals surface area (Å²) in [6.07, 6.45) is -2.49. The zero-order valence-corrected chi connectivity index (χ0v) is 12.4. The third-order valence-electron chi connectivity index (χ3n) is 3.41. The van der Waals surface area contributed by atoms with Crippen LogP contribution in [0, 0.1) is 0 Å². The number of anilines is 1. The summed E-state index contributed by atoms with van der Waals surface area (Å²) in [4.78, 5) is 29.2. The van der Waals surface area contributed by atoms with Crippen molar-refractivity contribution in [2.24, 2.45) is 0 Å². The van der Waals surface area contributed by atoms with Crippen molar-refractivity contribution in [2.45, 2.75) is 24.5 Å². The van der Waals surface area contributed by atoms with Crippen LogP contribution >= 0.6 is 7.82 Å². The number of aliphatic hydroxyl groups excluding tert-OH is 2. The monoisotopic (exact) mass is 352 g/mol. The minimum Gasteiger partial charge on any atom is -0.387 e. The minimum atomic E-state index is -4.72. The molecule has 0 saturated carbocycles. The largest absolute Gasteiger partial charge is 0.469 e. The SMILES string of the molecule is Nc1ncnc2c1ncn2[13C@@H]1O[13C@H]([13CH2]OP(=O)(O)O)[13C@@H](O)[13C@H]1O. The molecule has 0 aromatic carbocycles. The van der Waals surface area contributed by atoms with Gasteiger partial charge >= 0.3 is 7.82 Å². The lowest BCUT2D eigenvalue weighted by Crippen LogP contribution is -2.33. The third-order valence-corrected chi connectivity index (χ3v) is 3.89.